The summed E-state index contributed by atoms with van der Waals surface area (Å²) in [5.74, 6) is 1.31. The van der Waals surface area contributed by atoms with Crippen LogP contribution >= 0.6 is 0 Å². The first-order chi connectivity index (χ1) is 10.8. The van der Waals surface area contributed by atoms with Crippen molar-refractivity contribution in [2.75, 3.05) is 12.4 Å². The molecule has 1 unspecified atom stereocenters. The van der Waals surface area contributed by atoms with Crippen LogP contribution in [0.25, 0.3) is 10.9 Å². The van der Waals surface area contributed by atoms with Crippen LogP contribution in [0.4, 0.5) is 5.69 Å². The van der Waals surface area contributed by atoms with Gasteiger partial charge in [-0.05, 0) is 42.9 Å². The fourth-order valence-electron chi connectivity index (χ4n) is 3.55. The lowest BCUT2D eigenvalue weighted by molar-refractivity contribution is 0.709. The maximum atomic E-state index is 3.49. The van der Waals surface area contributed by atoms with E-state index in [1.54, 1.807) is 0 Å². The van der Waals surface area contributed by atoms with E-state index in [1.807, 2.05) is 7.05 Å². The standard InChI is InChI=1S/C20H22N2/c1-13-6-8-14(9-7-13)19(15-10-11-15)17-12-22-20-16(17)4-3-5-18(20)21-2/h3-9,12,15,19,21-22H,10-11H2,1-2H3. The molecule has 0 amide bonds. The zero-order chi connectivity index (χ0) is 15.1. The molecule has 0 spiro atoms. The van der Waals surface area contributed by atoms with Gasteiger partial charge in [-0.1, -0.05) is 42.0 Å². The summed E-state index contributed by atoms with van der Waals surface area (Å²) >= 11 is 0. The van der Waals surface area contributed by atoms with Crippen LogP contribution in [-0.2, 0) is 0 Å². The number of para-hydroxylation sites is 1. The minimum atomic E-state index is 0.515. The summed E-state index contributed by atoms with van der Waals surface area (Å²) in [6.45, 7) is 2.15. The van der Waals surface area contributed by atoms with E-state index in [0.29, 0.717) is 5.92 Å². The number of aryl methyl sites for hydroxylation is 1. The van der Waals surface area contributed by atoms with Gasteiger partial charge in [-0.25, -0.2) is 0 Å². The van der Waals surface area contributed by atoms with Gasteiger partial charge in [0, 0.05) is 24.5 Å². The number of hydrogen-bond acceptors (Lipinski definition) is 1. The average molecular weight is 290 g/mol. The van der Waals surface area contributed by atoms with E-state index >= 15 is 0 Å². The van der Waals surface area contributed by atoms with E-state index in [9.17, 15) is 0 Å². The van der Waals surface area contributed by atoms with Crippen molar-refractivity contribution >= 4 is 16.6 Å². The fraction of sp³-hybridized carbons (Fsp3) is 0.300. The molecule has 22 heavy (non-hydrogen) atoms. The van der Waals surface area contributed by atoms with Gasteiger partial charge in [0.15, 0.2) is 0 Å². The Kier molecular flexibility index (Phi) is 3.18. The lowest BCUT2D eigenvalue weighted by Gasteiger charge is -2.17. The highest BCUT2D eigenvalue weighted by Gasteiger charge is 2.34. The van der Waals surface area contributed by atoms with Crippen LogP contribution in [0.15, 0.2) is 48.7 Å². The number of aromatic amines is 1. The second-order valence-electron chi connectivity index (χ2n) is 6.45. The predicted molar refractivity (Wildman–Crippen MR) is 93.6 cm³/mol. The largest absolute Gasteiger partial charge is 0.386 e. The molecule has 0 bridgehead atoms. The van der Waals surface area contributed by atoms with E-state index < -0.39 is 0 Å². The van der Waals surface area contributed by atoms with Crippen molar-refractivity contribution < 1.29 is 0 Å². The van der Waals surface area contributed by atoms with Crippen molar-refractivity contribution in [3.05, 3.63) is 65.4 Å². The number of rotatable bonds is 4. The summed E-state index contributed by atoms with van der Waals surface area (Å²) in [4.78, 5) is 3.49. The minimum absolute atomic E-state index is 0.515. The summed E-state index contributed by atoms with van der Waals surface area (Å²) in [6.07, 6.45) is 4.90. The molecule has 1 heterocycles. The SMILES string of the molecule is CNc1cccc2c(C(c3ccc(C)cc3)C3CC3)c[nH]c12. The third-order valence-electron chi connectivity index (χ3n) is 4.88. The number of hydrogen-bond donors (Lipinski definition) is 2. The maximum Gasteiger partial charge on any atom is 0.0692 e. The molecule has 3 aromatic rings. The molecule has 0 aliphatic heterocycles. The molecule has 1 saturated carbocycles. The molecule has 112 valence electrons. The molecule has 2 nitrogen and oxygen atoms in total. The van der Waals surface area contributed by atoms with E-state index in [0.717, 1.165) is 5.92 Å². The summed E-state index contributed by atoms with van der Waals surface area (Å²) in [6, 6.07) is 15.6. The Morgan fingerprint density at radius 3 is 2.55 bits per heavy atom. The highest BCUT2D eigenvalue weighted by molar-refractivity contribution is 5.94. The van der Waals surface area contributed by atoms with Gasteiger partial charge in [0.1, 0.15) is 0 Å². The van der Waals surface area contributed by atoms with E-state index in [2.05, 4.69) is 65.9 Å². The summed E-state index contributed by atoms with van der Waals surface area (Å²) in [5, 5.41) is 4.63. The number of anilines is 1. The average Bonchev–Trinajstić information content (AvgIpc) is 3.29. The lowest BCUT2D eigenvalue weighted by Crippen LogP contribution is -2.03. The molecule has 1 fully saturated rings. The third-order valence-corrected chi connectivity index (χ3v) is 4.88. The first-order valence-electron chi connectivity index (χ1n) is 8.12. The second-order valence-corrected chi connectivity index (χ2v) is 6.45. The molecule has 2 aromatic carbocycles. The van der Waals surface area contributed by atoms with Gasteiger partial charge in [0.05, 0.1) is 11.2 Å². The number of nitrogens with one attached hydrogen (secondary N) is 2. The second kappa shape index (κ2) is 5.20. The van der Waals surface area contributed by atoms with Crippen molar-refractivity contribution in [1.82, 2.24) is 4.98 Å². The summed E-state index contributed by atoms with van der Waals surface area (Å²) in [5.41, 5.74) is 6.61. The fourth-order valence-corrected chi connectivity index (χ4v) is 3.55. The Bertz CT molecular complexity index is 794. The van der Waals surface area contributed by atoms with Gasteiger partial charge in [-0.15, -0.1) is 0 Å². The topological polar surface area (TPSA) is 27.8 Å². The Balaban J connectivity index is 1.85. The highest BCUT2D eigenvalue weighted by atomic mass is 14.9. The molecule has 1 aliphatic rings. The van der Waals surface area contributed by atoms with Crippen LogP contribution in [-0.4, -0.2) is 12.0 Å². The van der Waals surface area contributed by atoms with Crippen molar-refractivity contribution in [2.45, 2.75) is 25.7 Å². The molecule has 1 aromatic heterocycles. The van der Waals surface area contributed by atoms with E-state index in [4.69, 9.17) is 0 Å². The molecule has 2 heteroatoms. The Morgan fingerprint density at radius 2 is 1.86 bits per heavy atom. The Labute approximate surface area is 131 Å². The normalized spacial score (nSPS) is 15.9. The Hall–Kier alpha value is -2.22. The minimum Gasteiger partial charge on any atom is -0.386 e. The van der Waals surface area contributed by atoms with Crippen LogP contribution in [0.5, 0.6) is 0 Å². The van der Waals surface area contributed by atoms with Gasteiger partial charge < -0.3 is 10.3 Å². The van der Waals surface area contributed by atoms with Crippen LogP contribution in [0.1, 0.15) is 35.4 Å². The lowest BCUT2D eigenvalue weighted by atomic mass is 9.86. The van der Waals surface area contributed by atoms with Crippen molar-refractivity contribution in [3.63, 3.8) is 0 Å². The number of aromatic nitrogens is 1. The molecule has 0 radical (unpaired) electrons. The summed E-state index contributed by atoms with van der Waals surface area (Å²) < 4.78 is 0. The van der Waals surface area contributed by atoms with Crippen molar-refractivity contribution in [3.8, 4) is 0 Å². The van der Waals surface area contributed by atoms with E-state index in [-0.39, 0.29) is 0 Å². The molecule has 2 N–H and O–H groups in total. The molecular weight excluding hydrogens is 268 g/mol. The van der Waals surface area contributed by atoms with Gasteiger partial charge in [-0.2, -0.15) is 0 Å². The zero-order valence-electron chi connectivity index (χ0n) is 13.2. The quantitative estimate of drug-likeness (QED) is 0.690. The van der Waals surface area contributed by atoms with Crippen molar-refractivity contribution in [2.24, 2.45) is 5.92 Å². The molecule has 4 rings (SSSR count). The monoisotopic (exact) mass is 290 g/mol. The first kappa shape index (κ1) is 13.4. The van der Waals surface area contributed by atoms with Crippen LogP contribution in [0.2, 0.25) is 0 Å². The third kappa shape index (κ3) is 2.19. The summed E-state index contributed by atoms with van der Waals surface area (Å²) in [7, 11) is 1.98. The molecule has 0 saturated heterocycles. The zero-order valence-corrected chi connectivity index (χ0v) is 13.2. The van der Waals surface area contributed by atoms with E-state index in [1.165, 1.54) is 46.1 Å². The smallest absolute Gasteiger partial charge is 0.0692 e. The van der Waals surface area contributed by atoms with Crippen LogP contribution in [0, 0.1) is 12.8 Å². The maximum absolute atomic E-state index is 3.49. The van der Waals surface area contributed by atoms with Gasteiger partial charge in [0.2, 0.25) is 0 Å². The predicted octanol–water partition coefficient (Wildman–Crippen LogP) is 5.06. The van der Waals surface area contributed by atoms with Gasteiger partial charge in [-0.3, -0.25) is 0 Å². The number of benzene rings is 2. The number of fused-ring (bicyclic) bond motifs is 1. The van der Waals surface area contributed by atoms with Crippen molar-refractivity contribution in [1.29, 1.82) is 0 Å². The Morgan fingerprint density at radius 1 is 1.09 bits per heavy atom. The number of H-pyrrole nitrogens is 1. The van der Waals surface area contributed by atoms with Crippen LogP contribution < -0.4 is 5.32 Å². The molecule has 1 atom stereocenters. The first-order valence-corrected chi connectivity index (χ1v) is 8.12. The van der Waals surface area contributed by atoms with Gasteiger partial charge in [0.25, 0.3) is 0 Å². The highest BCUT2D eigenvalue weighted by Crippen LogP contribution is 2.48. The molecule has 1 aliphatic carbocycles. The molecular formula is C20H22N2. The van der Waals surface area contributed by atoms with Crippen LogP contribution in [0.3, 0.4) is 0 Å². The van der Waals surface area contributed by atoms with Gasteiger partial charge >= 0.3 is 0 Å².